The number of rotatable bonds is 7. The fourth-order valence-corrected chi connectivity index (χ4v) is 4.07. The number of amides is 1. The highest BCUT2D eigenvalue weighted by Crippen LogP contribution is 2.27. The quantitative estimate of drug-likeness (QED) is 0.442. The highest BCUT2D eigenvalue weighted by molar-refractivity contribution is 5.79. The number of para-hydroxylation sites is 1. The zero-order valence-electron chi connectivity index (χ0n) is 21.1. The van der Waals surface area contributed by atoms with Gasteiger partial charge in [-0.25, -0.2) is 4.98 Å². The summed E-state index contributed by atoms with van der Waals surface area (Å²) in [5.74, 6) is 1.15. The summed E-state index contributed by atoms with van der Waals surface area (Å²) in [5.41, 5.74) is 2.25. The number of hydrogen-bond donors (Lipinski definition) is 0. The van der Waals surface area contributed by atoms with Crippen LogP contribution in [0.1, 0.15) is 71.8 Å². The van der Waals surface area contributed by atoms with Gasteiger partial charge in [0.1, 0.15) is 5.82 Å². The Labute approximate surface area is 197 Å². The molecular weight excluding hydrogens is 410 g/mol. The number of carbonyl (C=O) groups is 1. The molecule has 0 aliphatic carbocycles. The van der Waals surface area contributed by atoms with Crippen LogP contribution in [0.3, 0.4) is 0 Å². The Bertz CT molecular complexity index is 1190. The van der Waals surface area contributed by atoms with Gasteiger partial charge in [-0.05, 0) is 61.4 Å². The van der Waals surface area contributed by atoms with Crippen LogP contribution in [0.15, 0.2) is 53.3 Å². The molecule has 0 fully saturated rings. The number of nitrogens with zero attached hydrogens (tertiary/aromatic N) is 3. The molecule has 1 unspecified atom stereocenters. The maximum Gasteiger partial charge on any atom is 0.266 e. The predicted octanol–water partition coefficient (Wildman–Crippen LogP) is 6.07. The number of hydrogen-bond acceptors (Lipinski definition) is 3. The Morgan fingerprint density at radius 3 is 2.39 bits per heavy atom. The molecule has 1 aromatic heterocycles. The Hall–Kier alpha value is -2.95. The van der Waals surface area contributed by atoms with E-state index in [1.165, 1.54) is 0 Å². The zero-order chi connectivity index (χ0) is 24.3. The van der Waals surface area contributed by atoms with Gasteiger partial charge in [-0.2, -0.15) is 0 Å². The molecule has 3 aromatic rings. The monoisotopic (exact) mass is 447 g/mol. The Morgan fingerprint density at radius 2 is 1.76 bits per heavy atom. The Kier molecular flexibility index (Phi) is 7.41. The fourth-order valence-electron chi connectivity index (χ4n) is 4.07. The smallest absolute Gasteiger partial charge is 0.266 e. The predicted molar refractivity (Wildman–Crippen MR) is 136 cm³/mol. The molecule has 1 atom stereocenters. The van der Waals surface area contributed by atoms with E-state index in [2.05, 4.69) is 34.6 Å². The van der Waals surface area contributed by atoms with Crippen LogP contribution >= 0.6 is 0 Å². The number of carbonyl (C=O) groups excluding carboxylic acids is 1. The molecule has 1 heterocycles. The first-order chi connectivity index (χ1) is 15.5. The lowest BCUT2D eigenvalue weighted by molar-refractivity contribution is -0.135. The third kappa shape index (κ3) is 5.89. The van der Waals surface area contributed by atoms with E-state index in [1.807, 2.05) is 67.3 Å². The van der Waals surface area contributed by atoms with E-state index in [9.17, 15) is 9.59 Å². The summed E-state index contributed by atoms with van der Waals surface area (Å²) in [6, 6.07) is 14.9. The van der Waals surface area contributed by atoms with Crippen LogP contribution < -0.4 is 5.56 Å². The number of fused-ring (bicyclic) bond motifs is 1. The standard InChI is InChI=1S/C28H37N3O2/c1-19(2)15-16-30(25(32)18-28(5,6)7)21(4)26-29-24-14-9-8-13-23(24)27(33)31(26)22-12-10-11-20(3)17-22/h8-14,17,19,21H,15-16,18H2,1-7H3. The first-order valence-electron chi connectivity index (χ1n) is 11.9. The van der Waals surface area contributed by atoms with Crippen molar-refractivity contribution in [3.8, 4) is 5.69 Å². The largest absolute Gasteiger partial charge is 0.333 e. The third-order valence-corrected chi connectivity index (χ3v) is 5.85. The molecule has 176 valence electrons. The number of benzene rings is 2. The van der Waals surface area contributed by atoms with E-state index >= 15 is 0 Å². The van der Waals surface area contributed by atoms with E-state index < -0.39 is 0 Å². The fraction of sp³-hybridized carbons (Fsp3) is 0.464. The van der Waals surface area contributed by atoms with Gasteiger partial charge in [0.2, 0.25) is 5.91 Å². The van der Waals surface area contributed by atoms with Crippen LogP contribution in [0.5, 0.6) is 0 Å². The third-order valence-electron chi connectivity index (χ3n) is 5.85. The van der Waals surface area contributed by atoms with E-state index in [-0.39, 0.29) is 22.9 Å². The number of aryl methyl sites for hydroxylation is 1. The molecule has 0 saturated heterocycles. The van der Waals surface area contributed by atoms with Crippen LogP contribution in [-0.2, 0) is 4.79 Å². The van der Waals surface area contributed by atoms with Crippen LogP contribution in [0.4, 0.5) is 0 Å². The van der Waals surface area contributed by atoms with Crippen molar-refractivity contribution < 1.29 is 4.79 Å². The van der Waals surface area contributed by atoms with Crippen molar-refractivity contribution in [1.29, 1.82) is 0 Å². The molecule has 0 N–H and O–H groups in total. The van der Waals surface area contributed by atoms with Crippen molar-refractivity contribution in [1.82, 2.24) is 14.5 Å². The van der Waals surface area contributed by atoms with E-state index in [1.54, 1.807) is 4.57 Å². The maximum atomic E-state index is 13.7. The summed E-state index contributed by atoms with van der Waals surface area (Å²) in [4.78, 5) is 34.0. The summed E-state index contributed by atoms with van der Waals surface area (Å²) in [5, 5.41) is 0.574. The van der Waals surface area contributed by atoms with Crippen molar-refractivity contribution >= 4 is 16.8 Å². The second-order valence-corrected chi connectivity index (χ2v) is 10.6. The molecule has 0 spiro atoms. The van der Waals surface area contributed by atoms with Gasteiger partial charge in [0.25, 0.3) is 5.56 Å². The number of aromatic nitrogens is 2. The lowest BCUT2D eigenvalue weighted by Crippen LogP contribution is -2.39. The highest BCUT2D eigenvalue weighted by atomic mass is 16.2. The lowest BCUT2D eigenvalue weighted by Gasteiger charge is -2.33. The van der Waals surface area contributed by atoms with E-state index in [0.29, 0.717) is 35.6 Å². The van der Waals surface area contributed by atoms with Gasteiger partial charge < -0.3 is 4.90 Å². The van der Waals surface area contributed by atoms with Crippen LogP contribution in [-0.4, -0.2) is 26.9 Å². The minimum Gasteiger partial charge on any atom is -0.333 e. The lowest BCUT2D eigenvalue weighted by atomic mass is 9.91. The zero-order valence-corrected chi connectivity index (χ0v) is 21.1. The van der Waals surface area contributed by atoms with Crippen LogP contribution in [0.25, 0.3) is 16.6 Å². The van der Waals surface area contributed by atoms with Crippen molar-refractivity contribution in [3.05, 3.63) is 70.3 Å². The Morgan fingerprint density at radius 1 is 1.06 bits per heavy atom. The normalized spacial score (nSPS) is 12.8. The van der Waals surface area contributed by atoms with Crippen molar-refractivity contribution in [2.45, 2.75) is 67.3 Å². The molecule has 5 heteroatoms. The summed E-state index contributed by atoms with van der Waals surface area (Å²) >= 11 is 0. The van der Waals surface area contributed by atoms with Gasteiger partial charge in [0, 0.05) is 13.0 Å². The molecule has 5 nitrogen and oxygen atoms in total. The molecule has 0 aliphatic rings. The molecule has 0 saturated carbocycles. The van der Waals surface area contributed by atoms with Crippen LogP contribution in [0.2, 0.25) is 0 Å². The van der Waals surface area contributed by atoms with E-state index in [0.717, 1.165) is 17.7 Å². The van der Waals surface area contributed by atoms with Gasteiger partial charge in [0.15, 0.2) is 0 Å². The Balaban J connectivity index is 2.20. The highest BCUT2D eigenvalue weighted by Gasteiger charge is 2.29. The summed E-state index contributed by atoms with van der Waals surface area (Å²) in [6.45, 7) is 15.2. The second kappa shape index (κ2) is 9.90. The molecule has 0 bridgehead atoms. The summed E-state index contributed by atoms with van der Waals surface area (Å²) < 4.78 is 1.69. The van der Waals surface area contributed by atoms with E-state index in [4.69, 9.17) is 4.98 Å². The summed E-state index contributed by atoms with van der Waals surface area (Å²) in [6.07, 6.45) is 1.33. The van der Waals surface area contributed by atoms with Gasteiger partial charge in [-0.1, -0.05) is 58.9 Å². The molecule has 0 radical (unpaired) electrons. The van der Waals surface area contributed by atoms with Crippen molar-refractivity contribution in [2.24, 2.45) is 11.3 Å². The molecule has 33 heavy (non-hydrogen) atoms. The molecular formula is C28H37N3O2. The SMILES string of the molecule is Cc1cccc(-n2c(C(C)N(CCC(C)C)C(=O)CC(C)(C)C)nc3ccccc3c2=O)c1. The average molecular weight is 448 g/mol. The van der Waals surface area contributed by atoms with Gasteiger partial charge in [-0.3, -0.25) is 14.2 Å². The molecule has 0 aliphatic heterocycles. The molecule has 1 amide bonds. The molecule has 2 aromatic carbocycles. The van der Waals surface area contributed by atoms with Crippen molar-refractivity contribution in [3.63, 3.8) is 0 Å². The van der Waals surface area contributed by atoms with Gasteiger partial charge in [0.05, 0.1) is 22.6 Å². The first kappa shape index (κ1) is 24.7. The second-order valence-electron chi connectivity index (χ2n) is 10.6. The van der Waals surface area contributed by atoms with Crippen LogP contribution in [0, 0.1) is 18.3 Å². The van der Waals surface area contributed by atoms with Crippen molar-refractivity contribution in [2.75, 3.05) is 6.54 Å². The molecule has 3 rings (SSSR count). The van der Waals surface area contributed by atoms with Gasteiger partial charge >= 0.3 is 0 Å². The first-order valence-corrected chi connectivity index (χ1v) is 11.9. The minimum absolute atomic E-state index is 0.0915. The maximum absolute atomic E-state index is 13.7. The average Bonchev–Trinajstić information content (AvgIpc) is 2.72. The topological polar surface area (TPSA) is 55.2 Å². The minimum atomic E-state index is -0.351. The van der Waals surface area contributed by atoms with Gasteiger partial charge in [-0.15, -0.1) is 0 Å². The summed E-state index contributed by atoms with van der Waals surface area (Å²) in [7, 11) is 0.